The van der Waals surface area contributed by atoms with Crippen LogP contribution in [0.5, 0.6) is 0 Å². The fourth-order valence-corrected chi connectivity index (χ4v) is 3.13. The molecular weight excluding hydrogens is 246 g/mol. The molecule has 6 heteroatoms. The number of nitrogens with zero attached hydrogens (tertiary/aromatic N) is 3. The van der Waals surface area contributed by atoms with Crippen molar-refractivity contribution >= 4 is 5.91 Å². The van der Waals surface area contributed by atoms with Crippen LogP contribution in [0, 0.1) is 5.92 Å². The molecule has 104 valence electrons. The van der Waals surface area contributed by atoms with Gasteiger partial charge in [0.25, 0.3) is 0 Å². The van der Waals surface area contributed by atoms with E-state index in [1.165, 1.54) is 0 Å². The van der Waals surface area contributed by atoms with E-state index in [-0.39, 0.29) is 37.1 Å². The molecule has 2 heterocycles. The average Bonchev–Trinajstić information content (AvgIpc) is 3.05. The van der Waals surface area contributed by atoms with E-state index in [4.69, 9.17) is 4.74 Å². The molecule has 1 aliphatic heterocycles. The minimum atomic E-state index is 0.0839. The van der Waals surface area contributed by atoms with Crippen LogP contribution in [0.25, 0.3) is 0 Å². The van der Waals surface area contributed by atoms with Gasteiger partial charge in [0.05, 0.1) is 18.8 Å². The van der Waals surface area contributed by atoms with E-state index in [1.807, 2.05) is 11.0 Å². The lowest BCUT2D eigenvalue weighted by atomic mass is 10.1. The molecule has 0 aromatic carbocycles. The Morgan fingerprint density at radius 3 is 3.11 bits per heavy atom. The Labute approximate surface area is 112 Å². The van der Waals surface area contributed by atoms with E-state index in [0.29, 0.717) is 13.2 Å². The topological polar surface area (TPSA) is 67.6 Å². The third-order valence-corrected chi connectivity index (χ3v) is 4.07. The van der Waals surface area contributed by atoms with Crippen LogP contribution in [0.4, 0.5) is 0 Å². The molecule has 1 unspecified atom stereocenters. The number of hydrogen-bond acceptors (Lipinski definition) is 4. The highest BCUT2D eigenvalue weighted by Crippen LogP contribution is 2.34. The SMILES string of the molecule is O=C(Cn1cccn1)N1CCOC2C[C@H](CO)C[C@@H]21. The first-order valence-electron chi connectivity index (χ1n) is 6.77. The van der Waals surface area contributed by atoms with Crippen LogP contribution >= 0.6 is 0 Å². The second-order valence-corrected chi connectivity index (χ2v) is 5.29. The molecule has 2 fully saturated rings. The Kier molecular flexibility index (Phi) is 3.52. The summed E-state index contributed by atoms with van der Waals surface area (Å²) >= 11 is 0. The van der Waals surface area contributed by atoms with Gasteiger partial charge in [0.2, 0.25) is 5.91 Å². The Morgan fingerprint density at radius 2 is 2.37 bits per heavy atom. The van der Waals surface area contributed by atoms with E-state index in [1.54, 1.807) is 17.1 Å². The smallest absolute Gasteiger partial charge is 0.244 e. The summed E-state index contributed by atoms with van der Waals surface area (Å²) in [6.07, 6.45) is 5.25. The molecule has 6 nitrogen and oxygen atoms in total. The van der Waals surface area contributed by atoms with Crippen LogP contribution < -0.4 is 0 Å². The van der Waals surface area contributed by atoms with Gasteiger partial charge in [-0.05, 0) is 24.8 Å². The van der Waals surface area contributed by atoms with Crippen molar-refractivity contribution in [2.75, 3.05) is 19.8 Å². The molecule has 1 saturated heterocycles. The van der Waals surface area contributed by atoms with Crippen molar-refractivity contribution in [1.29, 1.82) is 0 Å². The molecule has 1 N–H and O–H groups in total. The Bertz CT molecular complexity index is 434. The van der Waals surface area contributed by atoms with Gasteiger partial charge in [-0.15, -0.1) is 0 Å². The lowest BCUT2D eigenvalue weighted by Gasteiger charge is -2.37. The van der Waals surface area contributed by atoms with Gasteiger partial charge in [-0.25, -0.2) is 0 Å². The van der Waals surface area contributed by atoms with E-state index >= 15 is 0 Å². The predicted octanol–water partition coefficient (Wildman–Crippen LogP) is -0.119. The fourth-order valence-electron chi connectivity index (χ4n) is 3.13. The monoisotopic (exact) mass is 265 g/mol. The maximum Gasteiger partial charge on any atom is 0.244 e. The van der Waals surface area contributed by atoms with Gasteiger partial charge in [0, 0.05) is 25.5 Å². The molecule has 1 saturated carbocycles. The Morgan fingerprint density at radius 1 is 1.47 bits per heavy atom. The maximum atomic E-state index is 12.4. The first kappa shape index (κ1) is 12.6. The summed E-state index contributed by atoms with van der Waals surface area (Å²) in [5.41, 5.74) is 0. The van der Waals surface area contributed by atoms with Crippen LogP contribution in [-0.2, 0) is 16.1 Å². The van der Waals surface area contributed by atoms with Crippen molar-refractivity contribution < 1.29 is 14.6 Å². The molecular formula is C13H19N3O3. The molecule has 2 aliphatic rings. The lowest BCUT2D eigenvalue weighted by molar-refractivity contribution is -0.144. The van der Waals surface area contributed by atoms with E-state index < -0.39 is 0 Å². The minimum absolute atomic E-state index is 0.0839. The van der Waals surface area contributed by atoms with Crippen LogP contribution in [0.15, 0.2) is 18.5 Å². The molecule has 19 heavy (non-hydrogen) atoms. The second kappa shape index (κ2) is 5.30. The van der Waals surface area contributed by atoms with Gasteiger partial charge in [-0.3, -0.25) is 9.48 Å². The normalized spacial score (nSPS) is 30.4. The third kappa shape index (κ3) is 2.50. The van der Waals surface area contributed by atoms with Crippen LogP contribution in [0.3, 0.4) is 0 Å². The summed E-state index contributed by atoms with van der Waals surface area (Å²) in [5.74, 6) is 0.341. The van der Waals surface area contributed by atoms with Gasteiger partial charge < -0.3 is 14.7 Å². The number of carbonyl (C=O) groups is 1. The first-order valence-corrected chi connectivity index (χ1v) is 6.77. The van der Waals surface area contributed by atoms with Crippen molar-refractivity contribution in [3.63, 3.8) is 0 Å². The largest absolute Gasteiger partial charge is 0.396 e. The minimum Gasteiger partial charge on any atom is -0.396 e. The van der Waals surface area contributed by atoms with Crippen LogP contribution in [-0.4, -0.2) is 57.6 Å². The fraction of sp³-hybridized carbons (Fsp3) is 0.692. The molecule has 0 radical (unpaired) electrons. The number of aliphatic hydroxyl groups excluding tert-OH is 1. The summed E-state index contributed by atoms with van der Waals surface area (Å²) in [5, 5.41) is 13.3. The predicted molar refractivity (Wildman–Crippen MR) is 67.3 cm³/mol. The van der Waals surface area contributed by atoms with E-state index in [2.05, 4.69) is 5.10 Å². The van der Waals surface area contributed by atoms with Gasteiger partial charge in [0.1, 0.15) is 6.54 Å². The molecule has 1 aromatic heterocycles. The zero-order valence-electron chi connectivity index (χ0n) is 10.8. The molecule has 3 atom stereocenters. The van der Waals surface area contributed by atoms with Gasteiger partial charge >= 0.3 is 0 Å². The summed E-state index contributed by atoms with van der Waals surface area (Å²) in [4.78, 5) is 14.3. The summed E-state index contributed by atoms with van der Waals surface area (Å²) in [6, 6.07) is 1.93. The van der Waals surface area contributed by atoms with Gasteiger partial charge in [0.15, 0.2) is 0 Å². The zero-order chi connectivity index (χ0) is 13.2. The number of aromatic nitrogens is 2. The number of morpholine rings is 1. The van der Waals surface area contributed by atoms with Gasteiger partial charge in [-0.1, -0.05) is 0 Å². The highest BCUT2D eigenvalue weighted by atomic mass is 16.5. The first-order chi connectivity index (χ1) is 9.28. The zero-order valence-corrected chi connectivity index (χ0v) is 10.8. The molecule has 0 spiro atoms. The van der Waals surface area contributed by atoms with Crippen molar-refractivity contribution in [1.82, 2.24) is 14.7 Å². The number of rotatable bonds is 3. The Hall–Kier alpha value is -1.40. The standard InChI is InChI=1S/C13H19N3O3/c17-9-10-6-11-12(7-10)19-5-4-16(11)13(18)8-15-3-1-2-14-15/h1-3,10-12,17H,4-9H2/t10-,11+,12?/m1/s1. The summed E-state index contributed by atoms with van der Waals surface area (Å²) < 4.78 is 7.37. The highest BCUT2D eigenvalue weighted by molar-refractivity contribution is 5.76. The number of hydrogen-bond donors (Lipinski definition) is 1. The molecule has 1 aliphatic carbocycles. The summed E-state index contributed by atoms with van der Waals surface area (Å²) in [7, 11) is 0. The number of aliphatic hydroxyl groups is 1. The van der Waals surface area contributed by atoms with Crippen LogP contribution in [0.2, 0.25) is 0 Å². The molecule has 1 aromatic rings. The summed E-state index contributed by atoms with van der Waals surface area (Å²) in [6.45, 7) is 1.68. The number of carbonyl (C=O) groups excluding carboxylic acids is 1. The van der Waals surface area contributed by atoms with Crippen molar-refractivity contribution in [3.8, 4) is 0 Å². The maximum absolute atomic E-state index is 12.4. The number of ether oxygens (including phenoxy) is 1. The molecule has 1 amide bonds. The quantitative estimate of drug-likeness (QED) is 0.827. The highest BCUT2D eigenvalue weighted by Gasteiger charge is 2.42. The average molecular weight is 265 g/mol. The van der Waals surface area contributed by atoms with E-state index in [0.717, 1.165) is 12.8 Å². The second-order valence-electron chi connectivity index (χ2n) is 5.29. The Balaban J connectivity index is 1.67. The number of fused-ring (bicyclic) bond motifs is 1. The van der Waals surface area contributed by atoms with Gasteiger partial charge in [-0.2, -0.15) is 5.10 Å². The van der Waals surface area contributed by atoms with Crippen LogP contribution in [0.1, 0.15) is 12.8 Å². The van der Waals surface area contributed by atoms with Crippen molar-refractivity contribution in [3.05, 3.63) is 18.5 Å². The molecule has 0 bridgehead atoms. The number of amides is 1. The third-order valence-electron chi connectivity index (χ3n) is 4.07. The lowest BCUT2D eigenvalue weighted by Crippen LogP contribution is -2.52. The van der Waals surface area contributed by atoms with Crippen molar-refractivity contribution in [2.24, 2.45) is 5.92 Å². The van der Waals surface area contributed by atoms with E-state index in [9.17, 15) is 9.90 Å². The molecule has 3 rings (SSSR count). The van der Waals surface area contributed by atoms with Crippen molar-refractivity contribution in [2.45, 2.75) is 31.5 Å².